The van der Waals surface area contributed by atoms with Gasteiger partial charge in [-0.3, -0.25) is 9.59 Å². The molecule has 2 aromatic heterocycles. The Kier molecular flexibility index (Phi) is 6.78. The van der Waals surface area contributed by atoms with Gasteiger partial charge in [0.2, 0.25) is 11.8 Å². The molecule has 4 rings (SSSR count). The fourth-order valence-electron chi connectivity index (χ4n) is 4.53. The molecule has 0 aliphatic rings. The van der Waals surface area contributed by atoms with E-state index in [1.54, 1.807) is 13.2 Å². The molecule has 2 amide bonds. The zero-order valence-corrected chi connectivity index (χ0v) is 20.7. The Hall–Kier alpha value is -3.87. The van der Waals surface area contributed by atoms with E-state index in [9.17, 15) is 14.4 Å². The summed E-state index contributed by atoms with van der Waals surface area (Å²) in [6.45, 7) is 9.42. The molecule has 35 heavy (non-hydrogen) atoms. The van der Waals surface area contributed by atoms with Crippen LogP contribution in [0.1, 0.15) is 41.7 Å². The molecular weight excluding hydrogens is 444 g/mol. The molecule has 182 valence electrons. The lowest BCUT2D eigenvalue weighted by Crippen LogP contribution is -2.50. The molecule has 0 unspecified atom stereocenters. The summed E-state index contributed by atoms with van der Waals surface area (Å²) < 4.78 is 11.4. The lowest BCUT2D eigenvalue weighted by atomic mass is 9.98. The molecule has 0 saturated carbocycles. The molecule has 2 N–H and O–H groups in total. The maximum atomic E-state index is 13.1. The highest BCUT2D eigenvalue weighted by molar-refractivity contribution is 6.07. The predicted molar refractivity (Wildman–Crippen MR) is 136 cm³/mol. The Bertz CT molecular complexity index is 1460. The van der Waals surface area contributed by atoms with Crippen LogP contribution in [-0.2, 0) is 22.4 Å². The normalized spacial score (nSPS) is 12.3. The van der Waals surface area contributed by atoms with E-state index in [4.69, 9.17) is 8.83 Å². The van der Waals surface area contributed by atoms with Crippen LogP contribution in [0.25, 0.3) is 21.9 Å². The van der Waals surface area contributed by atoms with Crippen LogP contribution in [-0.4, -0.2) is 23.9 Å². The van der Waals surface area contributed by atoms with Gasteiger partial charge in [-0.2, -0.15) is 0 Å². The van der Waals surface area contributed by atoms with Gasteiger partial charge in [-0.05, 0) is 62.9 Å². The number of nitrogens with one attached hydrogen (secondary N) is 2. The Morgan fingerprint density at radius 2 is 1.69 bits per heavy atom. The van der Waals surface area contributed by atoms with Gasteiger partial charge in [0.1, 0.15) is 17.2 Å². The van der Waals surface area contributed by atoms with Crippen molar-refractivity contribution in [3.8, 4) is 0 Å². The number of carbonyl (C=O) groups excluding carboxylic acids is 2. The van der Waals surface area contributed by atoms with E-state index in [-0.39, 0.29) is 23.9 Å². The van der Waals surface area contributed by atoms with E-state index in [0.717, 1.165) is 22.1 Å². The molecular formula is C28H30N2O5. The van der Waals surface area contributed by atoms with Crippen molar-refractivity contribution < 1.29 is 18.4 Å². The summed E-state index contributed by atoms with van der Waals surface area (Å²) in [5, 5.41) is 7.33. The lowest BCUT2D eigenvalue weighted by Gasteiger charge is -2.20. The van der Waals surface area contributed by atoms with Gasteiger partial charge < -0.3 is 19.5 Å². The van der Waals surface area contributed by atoms with Crippen LogP contribution in [0.5, 0.6) is 0 Å². The largest absolute Gasteiger partial charge is 0.463 e. The monoisotopic (exact) mass is 474 g/mol. The van der Waals surface area contributed by atoms with Crippen molar-refractivity contribution in [2.75, 3.05) is 0 Å². The smallest absolute Gasteiger partial charge is 0.340 e. The summed E-state index contributed by atoms with van der Waals surface area (Å²) in [7, 11) is 0. The summed E-state index contributed by atoms with van der Waals surface area (Å²) in [6.07, 6.45) is 1.80. The highest BCUT2D eigenvalue weighted by atomic mass is 16.4. The van der Waals surface area contributed by atoms with E-state index >= 15 is 0 Å². The Labute approximate surface area is 203 Å². The molecule has 0 saturated heterocycles. The molecule has 0 aliphatic carbocycles. The number of furan rings is 1. The topological polar surface area (TPSA) is 102 Å². The molecule has 0 aliphatic heterocycles. The highest BCUT2D eigenvalue weighted by Crippen LogP contribution is 2.34. The summed E-state index contributed by atoms with van der Waals surface area (Å²) in [5.74, 6) is -0.707. The second-order valence-electron chi connectivity index (χ2n) is 9.33. The van der Waals surface area contributed by atoms with Crippen LogP contribution < -0.4 is 16.3 Å². The summed E-state index contributed by atoms with van der Waals surface area (Å²) in [4.78, 5) is 38.7. The molecule has 0 fully saturated rings. The SMILES string of the molecule is Cc1coc2c1c(C)cc1oc(=O)c(CC(=O)N[C@@H](Cc3ccccc3)C(=O)NC(C)C)c(C)c12. The predicted octanol–water partition coefficient (Wildman–Crippen LogP) is 4.26. The van der Waals surface area contributed by atoms with Gasteiger partial charge in [0.15, 0.2) is 0 Å². The second kappa shape index (κ2) is 9.78. The summed E-state index contributed by atoms with van der Waals surface area (Å²) >= 11 is 0. The molecule has 2 aromatic carbocycles. The van der Waals surface area contributed by atoms with Crippen LogP contribution in [0.3, 0.4) is 0 Å². The summed E-state index contributed by atoms with van der Waals surface area (Å²) in [6, 6.07) is 10.5. The van der Waals surface area contributed by atoms with Gasteiger partial charge in [0, 0.05) is 17.8 Å². The van der Waals surface area contributed by atoms with E-state index in [1.807, 2.05) is 64.1 Å². The van der Waals surface area contributed by atoms with Gasteiger partial charge in [0.25, 0.3) is 0 Å². The number of hydrogen-bond donors (Lipinski definition) is 2. The standard InChI is InChI=1S/C28H30N2O5/c1-15(2)29-27(32)21(12-19-9-7-6-8-10-19)30-23(31)13-20-18(5)25-22(35-28(20)33)11-16(3)24-17(4)14-34-26(24)25/h6-11,14-15,21H,12-13H2,1-5H3,(H,29,32)(H,30,31)/t21-/m0/s1. The van der Waals surface area contributed by atoms with Gasteiger partial charge in [0.05, 0.1) is 23.6 Å². The summed E-state index contributed by atoms with van der Waals surface area (Å²) in [5.41, 5.74) is 4.24. The van der Waals surface area contributed by atoms with Gasteiger partial charge in [-0.1, -0.05) is 30.3 Å². The minimum atomic E-state index is -0.776. The average Bonchev–Trinajstić information content (AvgIpc) is 3.18. The molecule has 1 atom stereocenters. The van der Waals surface area contributed by atoms with Crippen molar-refractivity contribution in [1.82, 2.24) is 10.6 Å². The van der Waals surface area contributed by atoms with Gasteiger partial charge >= 0.3 is 5.63 Å². The minimum Gasteiger partial charge on any atom is -0.463 e. The first kappa shape index (κ1) is 24.3. The van der Waals surface area contributed by atoms with Crippen LogP contribution in [0.2, 0.25) is 0 Å². The third-order valence-corrected chi connectivity index (χ3v) is 6.17. The second-order valence-corrected chi connectivity index (χ2v) is 9.33. The van der Waals surface area contributed by atoms with Crippen molar-refractivity contribution in [1.29, 1.82) is 0 Å². The van der Waals surface area contributed by atoms with E-state index < -0.39 is 17.6 Å². The van der Waals surface area contributed by atoms with E-state index in [0.29, 0.717) is 28.5 Å². The van der Waals surface area contributed by atoms with Crippen LogP contribution in [0, 0.1) is 20.8 Å². The number of hydrogen-bond acceptors (Lipinski definition) is 5. The number of aryl methyl sites for hydroxylation is 3. The third-order valence-electron chi connectivity index (χ3n) is 6.17. The van der Waals surface area contributed by atoms with Crippen molar-refractivity contribution in [3.63, 3.8) is 0 Å². The Balaban J connectivity index is 1.66. The first-order valence-electron chi connectivity index (χ1n) is 11.7. The zero-order chi connectivity index (χ0) is 25.3. The van der Waals surface area contributed by atoms with Crippen molar-refractivity contribution in [2.24, 2.45) is 0 Å². The highest BCUT2D eigenvalue weighted by Gasteiger charge is 2.24. The lowest BCUT2D eigenvalue weighted by molar-refractivity contribution is -0.129. The van der Waals surface area contributed by atoms with E-state index in [1.165, 1.54) is 0 Å². The van der Waals surface area contributed by atoms with Crippen molar-refractivity contribution in [3.05, 3.63) is 80.9 Å². The molecule has 7 nitrogen and oxygen atoms in total. The van der Waals surface area contributed by atoms with Gasteiger partial charge in [-0.25, -0.2) is 4.79 Å². The molecule has 7 heteroatoms. The van der Waals surface area contributed by atoms with Crippen LogP contribution in [0.15, 0.2) is 56.3 Å². The number of fused-ring (bicyclic) bond motifs is 3. The maximum absolute atomic E-state index is 13.1. The minimum absolute atomic E-state index is 0.0740. The Morgan fingerprint density at radius 3 is 2.37 bits per heavy atom. The first-order chi connectivity index (χ1) is 16.7. The van der Waals surface area contributed by atoms with Crippen LogP contribution in [0.4, 0.5) is 0 Å². The first-order valence-corrected chi connectivity index (χ1v) is 11.7. The molecule has 0 radical (unpaired) electrons. The molecule has 2 heterocycles. The van der Waals surface area contributed by atoms with E-state index in [2.05, 4.69) is 10.6 Å². The fourth-order valence-corrected chi connectivity index (χ4v) is 4.53. The van der Waals surface area contributed by atoms with Crippen molar-refractivity contribution >= 4 is 33.8 Å². The van der Waals surface area contributed by atoms with Gasteiger partial charge in [-0.15, -0.1) is 0 Å². The number of benzene rings is 2. The maximum Gasteiger partial charge on any atom is 0.340 e. The van der Waals surface area contributed by atoms with Crippen LogP contribution >= 0.6 is 0 Å². The number of amides is 2. The molecule has 0 spiro atoms. The fraction of sp³-hybridized carbons (Fsp3) is 0.321. The zero-order valence-electron chi connectivity index (χ0n) is 20.7. The third kappa shape index (κ3) is 4.99. The average molecular weight is 475 g/mol. The number of rotatable bonds is 7. The molecule has 4 aromatic rings. The quantitative estimate of drug-likeness (QED) is 0.390. The molecule has 0 bridgehead atoms. The van der Waals surface area contributed by atoms with Crippen molar-refractivity contribution in [2.45, 2.75) is 59.5 Å². The Morgan fingerprint density at radius 1 is 0.971 bits per heavy atom. The number of carbonyl (C=O) groups is 2.